The van der Waals surface area contributed by atoms with E-state index in [2.05, 4.69) is 6.07 Å². The van der Waals surface area contributed by atoms with Crippen LogP contribution in [0.25, 0.3) is 0 Å². The van der Waals surface area contributed by atoms with Crippen molar-refractivity contribution in [3.8, 4) is 0 Å². The normalized spacial score (nSPS) is 22.3. The Bertz CT molecular complexity index is 322. The van der Waals surface area contributed by atoms with E-state index in [0.717, 1.165) is 5.02 Å². The van der Waals surface area contributed by atoms with Crippen molar-refractivity contribution in [1.82, 2.24) is 0 Å². The number of benzene rings is 1. The van der Waals surface area contributed by atoms with Crippen molar-refractivity contribution in [2.45, 2.75) is 11.7 Å². The lowest BCUT2D eigenvalue weighted by atomic mass is 10.1. The molecule has 0 radical (unpaired) electrons. The summed E-state index contributed by atoms with van der Waals surface area (Å²) >= 11 is 16.0. The number of hydrogen-bond acceptors (Lipinski definition) is 2. The summed E-state index contributed by atoms with van der Waals surface area (Å²) in [7, 11) is 0. The Morgan fingerprint density at radius 2 is 2.14 bits per heavy atom. The fourth-order valence-electron chi connectivity index (χ4n) is 1.47. The molecule has 14 heavy (non-hydrogen) atoms. The number of halogens is 2. The lowest BCUT2D eigenvalue weighted by Gasteiger charge is -2.22. The topological polar surface area (TPSA) is 0 Å². The fraction of sp³-hybridized carbons (Fsp3) is 0.400. The molecule has 1 heterocycles. The molecule has 1 aromatic carbocycles. The van der Waals surface area contributed by atoms with Gasteiger partial charge >= 0.3 is 0 Å². The number of rotatable bonds is 1. The predicted molar refractivity (Wildman–Crippen MR) is 68.7 cm³/mol. The SMILES string of the molecule is Clc1ccc(C2CCSCS2)c(Cl)c1. The van der Waals surface area contributed by atoms with Crippen LogP contribution >= 0.6 is 46.7 Å². The highest BCUT2D eigenvalue weighted by molar-refractivity contribution is 8.16. The van der Waals surface area contributed by atoms with Crippen molar-refractivity contribution in [3.05, 3.63) is 33.8 Å². The van der Waals surface area contributed by atoms with Crippen molar-refractivity contribution < 1.29 is 0 Å². The van der Waals surface area contributed by atoms with Crippen LogP contribution in [0.1, 0.15) is 17.2 Å². The summed E-state index contributed by atoms with van der Waals surface area (Å²) in [6, 6.07) is 5.81. The molecule has 1 unspecified atom stereocenters. The summed E-state index contributed by atoms with van der Waals surface area (Å²) < 4.78 is 0. The second-order valence-electron chi connectivity index (χ2n) is 3.14. The van der Waals surface area contributed by atoms with E-state index in [1.807, 2.05) is 35.7 Å². The highest BCUT2D eigenvalue weighted by Gasteiger charge is 2.18. The Labute approximate surface area is 103 Å². The van der Waals surface area contributed by atoms with Crippen LogP contribution in [-0.2, 0) is 0 Å². The van der Waals surface area contributed by atoms with Gasteiger partial charge in [0.2, 0.25) is 0 Å². The van der Waals surface area contributed by atoms with Crippen LogP contribution in [0.3, 0.4) is 0 Å². The van der Waals surface area contributed by atoms with E-state index in [1.54, 1.807) is 0 Å². The van der Waals surface area contributed by atoms with Gasteiger partial charge in [0.25, 0.3) is 0 Å². The van der Waals surface area contributed by atoms with Crippen LogP contribution in [0.15, 0.2) is 18.2 Å². The Hall–Kier alpha value is 0.500. The average molecular weight is 265 g/mol. The molecule has 0 spiro atoms. The highest BCUT2D eigenvalue weighted by Crippen LogP contribution is 2.42. The van der Waals surface area contributed by atoms with Gasteiger partial charge in [0.15, 0.2) is 0 Å². The third-order valence-electron chi connectivity index (χ3n) is 2.19. The second-order valence-corrected chi connectivity index (χ2v) is 6.64. The maximum absolute atomic E-state index is 6.16. The summed E-state index contributed by atoms with van der Waals surface area (Å²) in [4.78, 5) is 0. The Morgan fingerprint density at radius 1 is 1.29 bits per heavy atom. The minimum absolute atomic E-state index is 0.556. The zero-order chi connectivity index (χ0) is 9.97. The molecule has 1 atom stereocenters. The minimum atomic E-state index is 0.556. The van der Waals surface area contributed by atoms with E-state index in [9.17, 15) is 0 Å². The molecule has 4 heteroatoms. The summed E-state index contributed by atoms with van der Waals surface area (Å²) in [5.74, 6) is 1.23. The van der Waals surface area contributed by atoms with E-state index in [0.29, 0.717) is 10.3 Å². The third kappa shape index (κ3) is 2.54. The van der Waals surface area contributed by atoms with Gasteiger partial charge in [0.05, 0.1) is 0 Å². The number of thioether (sulfide) groups is 2. The molecule has 0 aliphatic carbocycles. The van der Waals surface area contributed by atoms with Crippen molar-refractivity contribution in [2.24, 2.45) is 0 Å². The summed E-state index contributed by atoms with van der Waals surface area (Å²) in [5, 5.41) is 3.25. The molecule has 0 N–H and O–H groups in total. The molecule has 0 saturated carbocycles. The summed E-state index contributed by atoms with van der Waals surface area (Å²) in [6.07, 6.45) is 1.21. The van der Waals surface area contributed by atoms with Gasteiger partial charge in [-0.1, -0.05) is 29.3 Å². The molecule has 1 aromatic rings. The Morgan fingerprint density at radius 3 is 2.79 bits per heavy atom. The van der Waals surface area contributed by atoms with E-state index in [-0.39, 0.29) is 0 Å². The monoisotopic (exact) mass is 264 g/mol. The van der Waals surface area contributed by atoms with Gasteiger partial charge in [-0.3, -0.25) is 0 Å². The maximum Gasteiger partial charge on any atom is 0.0464 e. The smallest absolute Gasteiger partial charge is 0.0464 e. The van der Waals surface area contributed by atoms with Crippen molar-refractivity contribution in [1.29, 1.82) is 0 Å². The predicted octanol–water partition coefficient (Wildman–Crippen LogP) is 4.86. The lowest BCUT2D eigenvalue weighted by Crippen LogP contribution is -2.02. The molecule has 0 aromatic heterocycles. The van der Waals surface area contributed by atoms with Crippen molar-refractivity contribution in [3.63, 3.8) is 0 Å². The fourth-order valence-corrected chi connectivity index (χ4v) is 4.81. The molecule has 1 fully saturated rings. The zero-order valence-corrected chi connectivity index (χ0v) is 10.6. The van der Waals surface area contributed by atoms with Crippen molar-refractivity contribution in [2.75, 3.05) is 10.8 Å². The summed E-state index contributed by atoms with van der Waals surface area (Å²) in [5.41, 5.74) is 1.24. The van der Waals surface area contributed by atoms with Crippen LogP contribution in [0.5, 0.6) is 0 Å². The van der Waals surface area contributed by atoms with E-state index < -0.39 is 0 Å². The van der Waals surface area contributed by atoms with Gasteiger partial charge in [-0.15, -0.1) is 11.8 Å². The van der Waals surface area contributed by atoms with E-state index in [1.165, 1.54) is 22.8 Å². The molecule has 76 valence electrons. The minimum Gasteiger partial charge on any atom is -0.151 e. The first-order valence-electron chi connectivity index (χ1n) is 4.41. The quantitative estimate of drug-likeness (QED) is 0.711. The van der Waals surface area contributed by atoms with Crippen LogP contribution < -0.4 is 0 Å². The summed E-state index contributed by atoms with van der Waals surface area (Å²) in [6.45, 7) is 0. The van der Waals surface area contributed by atoms with Gasteiger partial charge < -0.3 is 0 Å². The highest BCUT2D eigenvalue weighted by atomic mass is 35.5. The van der Waals surface area contributed by atoms with Crippen LogP contribution in [0.4, 0.5) is 0 Å². The standard InChI is InChI=1S/C10H10Cl2S2/c11-7-1-2-8(9(12)5-7)10-3-4-13-6-14-10/h1-2,5,10H,3-4,6H2. The molecule has 0 bridgehead atoms. The van der Waals surface area contributed by atoms with Gasteiger partial charge in [-0.2, -0.15) is 11.8 Å². The lowest BCUT2D eigenvalue weighted by molar-refractivity contribution is 0.903. The second kappa shape index (κ2) is 5.02. The van der Waals surface area contributed by atoms with Crippen LogP contribution in [-0.4, -0.2) is 10.8 Å². The first-order valence-corrected chi connectivity index (χ1v) is 7.37. The first-order chi connectivity index (χ1) is 6.77. The zero-order valence-electron chi connectivity index (χ0n) is 7.50. The van der Waals surface area contributed by atoms with E-state index in [4.69, 9.17) is 23.2 Å². The average Bonchev–Trinajstić information content (AvgIpc) is 2.19. The maximum atomic E-state index is 6.16. The van der Waals surface area contributed by atoms with E-state index >= 15 is 0 Å². The molecular weight excluding hydrogens is 255 g/mol. The molecule has 0 amide bonds. The Balaban J connectivity index is 2.22. The number of hydrogen-bond donors (Lipinski definition) is 0. The van der Waals surface area contributed by atoms with Crippen LogP contribution in [0.2, 0.25) is 10.0 Å². The van der Waals surface area contributed by atoms with Gasteiger partial charge in [0.1, 0.15) is 0 Å². The van der Waals surface area contributed by atoms with Crippen molar-refractivity contribution >= 4 is 46.7 Å². The largest absolute Gasteiger partial charge is 0.151 e. The molecule has 0 nitrogen and oxygen atoms in total. The van der Waals surface area contributed by atoms with Gasteiger partial charge in [0, 0.05) is 20.4 Å². The third-order valence-corrected chi connectivity index (χ3v) is 5.38. The Kier molecular flexibility index (Phi) is 3.94. The molecular formula is C10H10Cl2S2. The van der Waals surface area contributed by atoms with Crippen LogP contribution in [0, 0.1) is 0 Å². The van der Waals surface area contributed by atoms with Gasteiger partial charge in [-0.25, -0.2) is 0 Å². The molecule has 1 saturated heterocycles. The molecule has 1 aliphatic heterocycles. The molecule has 2 rings (SSSR count). The first kappa shape index (κ1) is 11.0. The molecule has 1 aliphatic rings. The van der Waals surface area contributed by atoms with Gasteiger partial charge in [-0.05, 0) is 29.9 Å².